The Labute approximate surface area is 216 Å². The van der Waals surface area contributed by atoms with E-state index in [9.17, 15) is 26.4 Å². The molecule has 0 saturated carbocycles. The van der Waals surface area contributed by atoms with Gasteiger partial charge in [0.15, 0.2) is 5.11 Å². The molecular formula is C24H33F3N4O3S2. The van der Waals surface area contributed by atoms with Crippen LogP contribution in [0, 0.1) is 11.3 Å². The predicted molar refractivity (Wildman–Crippen MR) is 137 cm³/mol. The molecule has 1 fully saturated rings. The number of thiocarbonyl (C=S) groups is 1. The molecule has 1 aromatic rings. The minimum Gasteiger partial charge on any atom is -0.334 e. The number of anilines is 1. The molecule has 0 unspecified atom stereocenters. The molecule has 1 saturated heterocycles. The standard InChI is InChI=1S/C24H33F3N4O3S2/c1-23(2)21(32)31(19-13-12-18(17-28)20(16-19)24(25,26)27)22(35)30(23)14-10-8-6-5-7-9-11-15-36(33,34)29(3)4/h12-13,16H,5-11,14-15H2,1-4H3. The molecule has 0 aliphatic carbocycles. The predicted octanol–water partition coefficient (Wildman–Crippen LogP) is 4.91. The maximum Gasteiger partial charge on any atom is 0.417 e. The van der Waals surface area contributed by atoms with Crippen LogP contribution in [0.15, 0.2) is 18.2 Å². The van der Waals surface area contributed by atoms with Gasteiger partial charge in [0, 0.05) is 20.6 Å². The highest BCUT2D eigenvalue weighted by molar-refractivity contribution is 7.89. The van der Waals surface area contributed by atoms with Crippen LogP contribution in [0.5, 0.6) is 0 Å². The zero-order valence-corrected chi connectivity index (χ0v) is 22.7. The number of unbranched alkanes of at least 4 members (excludes halogenated alkanes) is 6. The maximum atomic E-state index is 13.4. The van der Waals surface area contributed by atoms with Crippen LogP contribution in [0.25, 0.3) is 0 Å². The minimum absolute atomic E-state index is 0.0109. The molecule has 36 heavy (non-hydrogen) atoms. The summed E-state index contributed by atoms with van der Waals surface area (Å²) >= 11 is 5.50. The van der Waals surface area contributed by atoms with E-state index in [2.05, 4.69) is 0 Å². The molecule has 0 aromatic heterocycles. The summed E-state index contributed by atoms with van der Waals surface area (Å²) in [6.07, 6.45) is 1.21. The molecule has 1 aliphatic heterocycles. The SMILES string of the molecule is CN(C)S(=O)(=O)CCCCCCCCCN1C(=S)N(c2ccc(C#N)c(C(F)(F)F)c2)C(=O)C1(C)C. The highest BCUT2D eigenvalue weighted by Gasteiger charge is 2.49. The number of alkyl halides is 3. The monoisotopic (exact) mass is 546 g/mol. The Morgan fingerprint density at radius 1 is 1.06 bits per heavy atom. The Hall–Kier alpha value is -2.23. The van der Waals surface area contributed by atoms with Crippen molar-refractivity contribution < 1.29 is 26.4 Å². The van der Waals surface area contributed by atoms with Gasteiger partial charge in [-0.1, -0.05) is 32.1 Å². The van der Waals surface area contributed by atoms with Crippen LogP contribution in [0.2, 0.25) is 0 Å². The molecule has 1 aromatic carbocycles. The third-order valence-electron chi connectivity index (χ3n) is 6.35. The lowest BCUT2D eigenvalue weighted by atomic mass is 10.0. The van der Waals surface area contributed by atoms with E-state index in [0.717, 1.165) is 55.6 Å². The van der Waals surface area contributed by atoms with Crippen LogP contribution in [-0.2, 0) is 21.0 Å². The lowest BCUT2D eigenvalue weighted by Gasteiger charge is -2.29. The van der Waals surface area contributed by atoms with E-state index in [1.165, 1.54) is 30.5 Å². The van der Waals surface area contributed by atoms with Crippen molar-refractivity contribution in [3.8, 4) is 6.07 Å². The zero-order chi connectivity index (χ0) is 27.3. The van der Waals surface area contributed by atoms with Crippen molar-refractivity contribution in [3.05, 3.63) is 29.3 Å². The molecular weight excluding hydrogens is 513 g/mol. The quantitative estimate of drug-likeness (QED) is 0.274. The van der Waals surface area contributed by atoms with Crippen molar-refractivity contribution >= 4 is 38.9 Å². The Bertz CT molecular complexity index is 1110. The van der Waals surface area contributed by atoms with Crippen molar-refractivity contribution in [2.24, 2.45) is 0 Å². The number of amides is 1. The third kappa shape index (κ3) is 6.95. The van der Waals surface area contributed by atoms with E-state index in [4.69, 9.17) is 17.5 Å². The van der Waals surface area contributed by atoms with Crippen LogP contribution in [0.4, 0.5) is 18.9 Å². The Balaban J connectivity index is 1.91. The number of hydrogen-bond donors (Lipinski definition) is 0. The van der Waals surface area contributed by atoms with Gasteiger partial charge in [-0.05, 0) is 57.1 Å². The first-order valence-corrected chi connectivity index (χ1v) is 13.8. The summed E-state index contributed by atoms with van der Waals surface area (Å²) in [7, 11) is -0.0989. The van der Waals surface area contributed by atoms with Gasteiger partial charge in [-0.2, -0.15) is 18.4 Å². The van der Waals surface area contributed by atoms with Crippen LogP contribution < -0.4 is 4.90 Å². The second kappa shape index (κ2) is 11.9. The number of benzene rings is 1. The number of nitriles is 1. The number of halogens is 3. The van der Waals surface area contributed by atoms with Gasteiger partial charge in [0.2, 0.25) is 10.0 Å². The van der Waals surface area contributed by atoms with Crippen LogP contribution in [0.1, 0.15) is 69.9 Å². The van der Waals surface area contributed by atoms with Gasteiger partial charge in [0.1, 0.15) is 5.54 Å². The average Bonchev–Trinajstić information content (AvgIpc) is 2.95. The molecule has 1 heterocycles. The molecule has 0 spiro atoms. The number of carbonyl (C=O) groups is 1. The summed E-state index contributed by atoms with van der Waals surface area (Å²) in [6, 6.07) is 4.70. The van der Waals surface area contributed by atoms with Gasteiger partial charge in [-0.3, -0.25) is 9.69 Å². The van der Waals surface area contributed by atoms with Crippen LogP contribution >= 0.6 is 12.2 Å². The van der Waals surface area contributed by atoms with E-state index in [-0.39, 0.29) is 16.6 Å². The summed E-state index contributed by atoms with van der Waals surface area (Å²) in [6.45, 7) is 3.87. The first-order chi connectivity index (χ1) is 16.6. The number of carbonyl (C=O) groups excluding carboxylic acids is 1. The normalized spacial score (nSPS) is 16.2. The summed E-state index contributed by atoms with van der Waals surface area (Å²) in [4.78, 5) is 16.0. The summed E-state index contributed by atoms with van der Waals surface area (Å²) < 4.78 is 65.0. The largest absolute Gasteiger partial charge is 0.417 e. The highest BCUT2D eigenvalue weighted by Crippen LogP contribution is 2.38. The van der Waals surface area contributed by atoms with Gasteiger partial charge in [-0.15, -0.1) is 0 Å². The maximum absolute atomic E-state index is 13.4. The zero-order valence-electron chi connectivity index (χ0n) is 21.1. The smallest absolute Gasteiger partial charge is 0.334 e. The van der Waals surface area contributed by atoms with Crippen molar-refractivity contribution in [3.63, 3.8) is 0 Å². The number of rotatable bonds is 12. The van der Waals surface area contributed by atoms with Crippen molar-refractivity contribution in [1.29, 1.82) is 5.26 Å². The van der Waals surface area contributed by atoms with Gasteiger partial charge in [-0.25, -0.2) is 12.7 Å². The summed E-state index contributed by atoms with van der Waals surface area (Å²) in [5, 5.41) is 9.17. The van der Waals surface area contributed by atoms with E-state index < -0.39 is 38.8 Å². The van der Waals surface area contributed by atoms with Gasteiger partial charge in [0.25, 0.3) is 5.91 Å². The summed E-state index contributed by atoms with van der Waals surface area (Å²) in [5.41, 5.74) is -2.64. The van der Waals surface area contributed by atoms with Crippen LogP contribution in [-0.4, -0.2) is 60.6 Å². The van der Waals surface area contributed by atoms with Crippen molar-refractivity contribution in [1.82, 2.24) is 9.21 Å². The lowest BCUT2D eigenvalue weighted by Crippen LogP contribution is -2.44. The van der Waals surface area contributed by atoms with Gasteiger partial charge >= 0.3 is 6.18 Å². The molecule has 0 N–H and O–H groups in total. The second-order valence-corrected chi connectivity index (χ2v) is 12.2. The number of nitrogens with zero attached hydrogens (tertiary/aromatic N) is 4. The molecule has 1 amide bonds. The number of sulfonamides is 1. The average molecular weight is 547 g/mol. The first-order valence-electron chi connectivity index (χ1n) is 11.8. The number of hydrogen-bond acceptors (Lipinski definition) is 5. The molecule has 0 atom stereocenters. The molecule has 200 valence electrons. The van der Waals surface area contributed by atoms with E-state index in [1.807, 2.05) is 0 Å². The van der Waals surface area contributed by atoms with E-state index in [0.29, 0.717) is 13.0 Å². The molecule has 7 nitrogen and oxygen atoms in total. The fourth-order valence-corrected chi connectivity index (χ4v) is 5.50. The molecule has 1 aliphatic rings. The Morgan fingerprint density at radius 3 is 2.14 bits per heavy atom. The Kier molecular flexibility index (Phi) is 9.90. The Morgan fingerprint density at radius 2 is 1.61 bits per heavy atom. The fraction of sp³-hybridized carbons (Fsp3) is 0.625. The van der Waals surface area contributed by atoms with E-state index >= 15 is 0 Å². The van der Waals surface area contributed by atoms with Gasteiger partial charge in [0.05, 0.1) is 28.6 Å². The van der Waals surface area contributed by atoms with Crippen molar-refractivity contribution in [2.45, 2.75) is 70.5 Å². The topological polar surface area (TPSA) is 84.7 Å². The fourth-order valence-electron chi connectivity index (χ4n) is 4.06. The summed E-state index contributed by atoms with van der Waals surface area (Å²) in [5.74, 6) is -0.270. The second-order valence-electron chi connectivity index (χ2n) is 9.55. The highest BCUT2D eigenvalue weighted by atomic mass is 32.2. The van der Waals surface area contributed by atoms with Crippen LogP contribution in [0.3, 0.4) is 0 Å². The third-order valence-corrected chi connectivity index (χ3v) is 8.67. The lowest BCUT2D eigenvalue weighted by molar-refractivity contribution is -0.137. The minimum atomic E-state index is -4.73. The molecule has 0 bridgehead atoms. The molecule has 0 radical (unpaired) electrons. The van der Waals surface area contributed by atoms with Crippen molar-refractivity contribution in [2.75, 3.05) is 31.3 Å². The van der Waals surface area contributed by atoms with Gasteiger partial charge < -0.3 is 4.90 Å². The molecule has 2 rings (SSSR count). The molecule has 12 heteroatoms. The van der Waals surface area contributed by atoms with E-state index in [1.54, 1.807) is 18.7 Å². The first kappa shape index (κ1) is 30.0.